The largest absolute Gasteiger partial charge is 0.507 e. The molecule has 1 aliphatic rings. The van der Waals surface area contributed by atoms with Crippen LogP contribution in [-0.2, 0) is 19.6 Å². The van der Waals surface area contributed by atoms with Crippen molar-refractivity contribution in [2.45, 2.75) is 10.9 Å². The topological polar surface area (TPSA) is 118 Å². The van der Waals surface area contributed by atoms with Gasteiger partial charge < -0.3 is 5.11 Å². The number of benzene rings is 3. The van der Waals surface area contributed by atoms with Gasteiger partial charge in [-0.15, -0.1) is 0 Å². The molecule has 156 valence electrons. The highest BCUT2D eigenvalue weighted by atomic mass is 32.2. The molecule has 8 heteroatoms. The predicted molar refractivity (Wildman–Crippen MR) is 115 cm³/mol. The maximum Gasteiger partial charge on any atom is 0.300 e. The van der Waals surface area contributed by atoms with Gasteiger partial charge in [-0.2, -0.15) is 0 Å². The summed E-state index contributed by atoms with van der Waals surface area (Å²) in [5, 5.41) is 16.1. The van der Waals surface area contributed by atoms with E-state index in [0.717, 1.165) is 0 Å². The van der Waals surface area contributed by atoms with Gasteiger partial charge in [-0.3, -0.25) is 14.5 Å². The summed E-state index contributed by atoms with van der Waals surface area (Å²) >= 11 is 0. The van der Waals surface area contributed by atoms with E-state index in [0.29, 0.717) is 16.8 Å². The van der Waals surface area contributed by atoms with Crippen LogP contribution in [0.25, 0.3) is 5.76 Å². The zero-order valence-electron chi connectivity index (χ0n) is 16.2. The van der Waals surface area contributed by atoms with E-state index in [1.807, 2.05) is 0 Å². The number of primary sulfonamides is 1. The third-order valence-corrected chi connectivity index (χ3v) is 5.98. The number of hydrogen-bond donors (Lipinski definition) is 2. The van der Waals surface area contributed by atoms with Gasteiger partial charge in [-0.1, -0.05) is 60.7 Å². The monoisotopic (exact) mass is 434 g/mol. The molecule has 3 aromatic carbocycles. The molecule has 3 N–H and O–H groups in total. The van der Waals surface area contributed by atoms with Crippen molar-refractivity contribution in [1.29, 1.82) is 0 Å². The van der Waals surface area contributed by atoms with E-state index in [4.69, 9.17) is 5.14 Å². The molecule has 0 bridgehead atoms. The summed E-state index contributed by atoms with van der Waals surface area (Å²) in [6.45, 7) is 0. The fraction of sp³-hybridized carbons (Fsp3) is 0.0435. The molecule has 31 heavy (non-hydrogen) atoms. The molecule has 4 rings (SSSR count). The van der Waals surface area contributed by atoms with E-state index in [-0.39, 0.29) is 16.2 Å². The number of carbonyl (C=O) groups is 2. The molecule has 0 saturated carbocycles. The number of nitrogens with zero attached hydrogens (tertiary/aromatic N) is 1. The number of nitrogens with two attached hydrogens (primary N) is 1. The first-order chi connectivity index (χ1) is 14.8. The molecule has 0 aliphatic carbocycles. The number of hydrogen-bond acceptors (Lipinski definition) is 5. The van der Waals surface area contributed by atoms with Crippen LogP contribution in [0.1, 0.15) is 17.2 Å². The second-order valence-corrected chi connectivity index (χ2v) is 8.55. The number of aliphatic hydroxyl groups is 1. The molecule has 3 aromatic rings. The molecule has 1 saturated heterocycles. The third-order valence-electron chi connectivity index (χ3n) is 5.05. The van der Waals surface area contributed by atoms with Crippen LogP contribution in [0.15, 0.2) is 95.4 Å². The zero-order valence-corrected chi connectivity index (χ0v) is 17.0. The van der Waals surface area contributed by atoms with Gasteiger partial charge in [0.05, 0.1) is 16.5 Å². The lowest BCUT2D eigenvalue weighted by molar-refractivity contribution is -0.132. The van der Waals surface area contributed by atoms with Gasteiger partial charge in [0.1, 0.15) is 5.76 Å². The van der Waals surface area contributed by atoms with Crippen LogP contribution in [0.4, 0.5) is 5.69 Å². The highest BCUT2D eigenvalue weighted by Gasteiger charge is 2.46. The van der Waals surface area contributed by atoms with E-state index in [9.17, 15) is 23.1 Å². The van der Waals surface area contributed by atoms with Crippen molar-refractivity contribution in [1.82, 2.24) is 0 Å². The Morgan fingerprint density at radius 1 is 0.839 bits per heavy atom. The molecule has 0 unspecified atom stereocenters. The first kappa shape index (κ1) is 20.5. The second kappa shape index (κ2) is 7.82. The van der Waals surface area contributed by atoms with Crippen LogP contribution in [0.2, 0.25) is 0 Å². The summed E-state index contributed by atoms with van der Waals surface area (Å²) in [6.07, 6.45) is 0. The Bertz CT molecular complexity index is 1280. The maximum atomic E-state index is 13.0. The number of carbonyl (C=O) groups excluding carboxylic acids is 2. The Hall–Kier alpha value is -3.75. The van der Waals surface area contributed by atoms with Crippen LogP contribution in [0.3, 0.4) is 0 Å². The number of amides is 1. The Morgan fingerprint density at radius 3 is 1.94 bits per heavy atom. The molecule has 1 amide bonds. The number of ketones is 1. The molecule has 0 radical (unpaired) electrons. The lowest BCUT2D eigenvalue weighted by atomic mass is 9.95. The van der Waals surface area contributed by atoms with Gasteiger partial charge in [-0.05, 0) is 29.8 Å². The Balaban J connectivity index is 1.91. The fourth-order valence-electron chi connectivity index (χ4n) is 3.60. The number of Topliss-reactive ketones (excluding diaryl/α,β-unsaturated/α-hetero) is 1. The van der Waals surface area contributed by atoms with Crippen molar-refractivity contribution in [3.8, 4) is 0 Å². The lowest BCUT2D eigenvalue weighted by Crippen LogP contribution is -2.29. The molecule has 0 aromatic heterocycles. The Kier molecular flexibility index (Phi) is 5.18. The summed E-state index contributed by atoms with van der Waals surface area (Å²) in [5.74, 6) is -1.93. The number of sulfonamides is 1. The molecule has 1 atom stereocenters. The van der Waals surface area contributed by atoms with E-state index in [1.54, 1.807) is 60.7 Å². The maximum absolute atomic E-state index is 13.0. The highest BCUT2D eigenvalue weighted by molar-refractivity contribution is 7.89. The standard InChI is InChI=1S/C23H18N2O5S/c24-31(29,30)18-13-11-17(12-14-18)25-20(15-7-3-1-4-8-15)19(22(27)23(25)28)21(26)16-9-5-2-6-10-16/h1-14,20,26H,(H2,24,29,30)/t20-/m0/s1. The first-order valence-corrected chi connectivity index (χ1v) is 10.9. The van der Waals surface area contributed by atoms with Crippen LogP contribution in [0.5, 0.6) is 0 Å². The van der Waals surface area contributed by atoms with Crippen molar-refractivity contribution in [2.75, 3.05) is 4.90 Å². The van der Waals surface area contributed by atoms with Crippen molar-refractivity contribution >= 4 is 33.2 Å². The Labute approximate surface area is 179 Å². The first-order valence-electron chi connectivity index (χ1n) is 9.33. The van der Waals surface area contributed by atoms with Gasteiger partial charge in [0.15, 0.2) is 0 Å². The summed E-state index contributed by atoms with van der Waals surface area (Å²) in [5.41, 5.74) is 1.29. The minimum Gasteiger partial charge on any atom is -0.507 e. The molecule has 1 heterocycles. The van der Waals surface area contributed by atoms with E-state index < -0.39 is 27.8 Å². The van der Waals surface area contributed by atoms with E-state index in [1.165, 1.54) is 29.2 Å². The minimum atomic E-state index is -3.91. The van der Waals surface area contributed by atoms with Gasteiger partial charge in [0.25, 0.3) is 11.7 Å². The average molecular weight is 434 g/mol. The molecular weight excluding hydrogens is 416 g/mol. The molecular formula is C23H18N2O5S. The second-order valence-electron chi connectivity index (χ2n) is 6.98. The third kappa shape index (κ3) is 3.74. The summed E-state index contributed by atoms with van der Waals surface area (Å²) in [7, 11) is -3.91. The van der Waals surface area contributed by atoms with Crippen LogP contribution >= 0.6 is 0 Å². The molecule has 7 nitrogen and oxygen atoms in total. The predicted octanol–water partition coefficient (Wildman–Crippen LogP) is 2.96. The lowest BCUT2D eigenvalue weighted by Gasteiger charge is -2.25. The van der Waals surface area contributed by atoms with Crippen LogP contribution in [0, 0.1) is 0 Å². The smallest absolute Gasteiger partial charge is 0.300 e. The normalized spacial score (nSPS) is 18.4. The number of rotatable bonds is 4. The van der Waals surface area contributed by atoms with E-state index in [2.05, 4.69) is 0 Å². The molecule has 1 fully saturated rings. The molecule has 1 aliphatic heterocycles. The number of aliphatic hydroxyl groups excluding tert-OH is 1. The van der Waals surface area contributed by atoms with E-state index >= 15 is 0 Å². The molecule has 0 spiro atoms. The van der Waals surface area contributed by atoms with Crippen molar-refractivity contribution < 1.29 is 23.1 Å². The van der Waals surface area contributed by atoms with Gasteiger partial charge in [-0.25, -0.2) is 13.6 Å². The Morgan fingerprint density at radius 2 is 1.39 bits per heavy atom. The highest BCUT2D eigenvalue weighted by Crippen LogP contribution is 2.42. The van der Waals surface area contributed by atoms with Crippen molar-refractivity contribution in [3.05, 3.63) is 102 Å². The van der Waals surface area contributed by atoms with Gasteiger partial charge in [0, 0.05) is 11.3 Å². The SMILES string of the molecule is NS(=O)(=O)c1ccc(N2C(=O)C(=O)C(=C(O)c3ccccc3)[C@@H]2c2ccccc2)cc1. The van der Waals surface area contributed by atoms with Gasteiger partial charge in [0.2, 0.25) is 10.0 Å². The number of anilines is 1. The van der Waals surface area contributed by atoms with Crippen molar-refractivity contribution in [3.63, 3.8) is 0 Å². The zero-order chi connectivity index (χ0) is 22.2. The van der Waals surface area contributed by atoms with Crippen LogP contribution < -0.4 is 10.0 Å². The summed E-state index contributed by atoms with van der Waals surface area (Å²) in [4.78, 5) is 27.1. The van der Waals surface area contributed by atoms with Gasteiger partial charge >= 0.3 is 0 Å². The van der Waals surface area contributed by atoms with Crippen molar-refractivity contribution in [2.24, 2.45) is 5.14 Å². The summed E-state index contributed by atoms with van der Waals surface area (Å²) in [6, 6.07) is 21.8. The van der Waals surface area contributed by atoms with Crippen LogP contribution in [-0.4, -0.2) is 25.2 Å². The fourth-order valence-corrected chi connectivity index (χ4v) is 4.11. The summed E-state index contributed by atoms with van der Waals surface area (Å²) < 4.78 is 23.1. The quantitative estimate of drug-likeness (QED) is 0.372. The average Bonchev–Trinajstić information content (AvgIpc) is 3.04. The minimum absolute atomic E-state index is 0.0436.